The highest BCUT2D eigenvalue weighted by molar-refractivity contribution is 8.00. The number of halogens is 2. The van der Waals surface area contributed by atoms with E-state index in [2.05, 4.69) is 4.74 Å². The Bertz CT molecular complexity index is 398. The predicted octanol–water partition coefficient (Wildman–Crippen LogP) is 2.04. The second-order valence-corrected chi connectivity index (χ2v) is 3.78. The standard InChI is InChI=1S/C10H8F2O3S/c1-15-9(14)5-16-10-7(11)2-6(4-13)3-8(10)12/h2-4H,5H2,1H3. The second kappa shape index (κ2) is 5.60. The fraction of sp³-hybridized carbons (Fsp3) is 0.200. The summed E-state index contributed by atoms with van der Waals surface area (Å²) >= 11 is 0.685. The average molecular weight is 246 g/mol. The Morgan fingerprint density at radius 1 is 1.44 bits per heavy atom. The maximum absolute atomic E-state index is 13.3. The zero-order valence-corrected chi connectivity index (χ0v) is 9.14. The summed E-state index contributed by atoms with van der Waals surface area (Å²) in [6.07, 6.45) is 0.348. The molecule has 0 unspecified atom stereocenters. The number of thioether (sulfide) groups is 1. The summed E-state index contributed by atoms with van der Waals surface area (Å²) in [5.74, 6) is -2.50. The molecule has 0 spiro atoms. The fourth-order valence-corrected chi connectivity index (χ4v) is 1.75. The molecule has 16 heavy (non-hydrogen) atoms. The summed E-state index contributed by atoms with van der Waals surface area (Å²) in [6.45, 7) is 0. The minimum Gasteiger partial charge on any atom is -0.468 e. The quantitative estimate of drug-likeness (QED) is 0.463. The first kappa shape index (κ1) is 12.6. The van der Waals surface area contributed by atoms with Gasteiger partial charge in [-0.15, -0.1) is 11.8 Å². The van der Waals surface area contributed by atoms with Gasteiger partial charge in [-0.1, -0.05) is 0 Å². The van der Waals surface area contributed by atoms with Crippen LogP contribution >= 0.6 is 11.8 Å². The van der Waals surface area contributed by atoms with Gasteiger partial charge in [0, 0.05) is 5.56 Å². The molecule has 1 aromatic carbocycles. The van der Waals surface area contributed by atoms with Gasteiger partial charge in [-0.05, 0) is 12.1 Å². The smallest absolute Gasteiger partial charge is 0.315 e. The number of aldehydes is 1. The van der Waals surface area contributed by atoms with Crippen molar-refractivity contribution in [3.05, 3.63) is 29.3 Å². The average Bonchev–Trinajstić information content (AvgIpc) is 2.27. The van der Waals surface area contributed by atoms with E-state index in [9.17, 15) is 18.4 Å². The van der Waals surface area contributed by atoms with Crippen LogP contribution in [0.25, 0.3) is 0 Å². The van der Waals surface area contributed by atoms with Crippen LogP contribution in [0.5, 0.6) is 0 Å². The summed E-state index contributed by atoms with van der Waals surface area (Å²) in [7, 11) is 1.19. The Hall–Kier alpha value is -1.43. The van der Waals surface area contributed by atoms with Crippen molar-refractivity contribution >= 4 is 24.0 Å². The summed E-state index contributed by atoms with van der Waals surface area (Å²) in [6, 6.07) is 1.82. The first-order valence-corrected chi connectivity index (χ1v) is 5.21. The molecule has 0 saturated heterocycles. The van der Waals surface area contributed by atoms with E-state index in [0.29, 0.717) is 18.0 Å². The van der Waals surface area contributed by atoms with Crippen LogP contribution in [0.2, 0.25) is 0 Å². The normalized spacial score (nSPS) is 9.94. The van der Waals surface area contributed by atoms with E-state index in [0.717, 1.165) is 12.1 Å². The van der Waals surface area contributed by atoms with Crippen LogP contribution in [-0.2, 0) is 9.53 Å². The molecule has 6 heteroatoms. The molecule has 0 heterocycles. The SMILES string of the molecule is COC(=O)CSc1c(F)cc(C=O)cc1F. The minimum atomic E-state index is -0.865. The molecule has 0 aromatic heterocycles. The minimum absolute atomic E-state index is 0.0857. The monoisotopic (exact) mass is 246 g/mol. The van der Waals surface area contributed by atoms with Crippen LogP contribution in [-0.4, -0.2) is 25.1 Å². The molecule has 0 fully saturated rings. The topological polar surface area (TPSA) is 43.4 Å². The van der Waals surface area contributed by atoms with Crippen molar-refractivity contribution < 1.29 is 23.1 Å². The summed E-state index contributed by atoms with van der Waals surface area (Å²) in [5.41, 5.74) is -0.0857. The number of hydrogen-bond donors (Lipinski definition) is 0. The van der Waals surface area contributed by atoms with Gasteiger partial charge in [-0.25, -0.2) is 8.78 Å². The fourth-order valence-electron chi connectivity index (χ4n) is 0.975. The van der Waals surface area contributed by atoms with Gasteiger partial charge in [0.1, 0.15) is 17.9 Å². The van der Waals surface area contributed by atoms with E-state index in [1.807, 2.05) is 0 Å². The van der Waals surface area contributed by atoms with Gasteiger partial charge in [0.05, 0.1) is 17.8 Å². The lowest BCUT2D eigenvalue weighted by Crippen LogP contribution is -2.04. The van der Waals surface area contributed by atoms with Gasteiger partial charge in [0.15, 0.2) is 0 Å². The van der Waals surface area contributed by atoms with Crippen LogP contribution in [0.1, 0.15) is 10.4 Å². The third-order valence-electron chi connectivity index (χ3n) is 1.72. The third kappa shape index (κ3) is 3.03. The van der Waals surface area contributed by atoms with E-state index in [-0.39, 0.29) is 16.2 Å². The zero-order valence-electron chi connectivity index (χ0n) is 8.33. The number of carbonyl (C=O) groups excluding carboxylic acids is 2. The van der Waals surface area contributed by atoms with Crippen molar-refractivity contribution in [3.63, 3.8) is 0 Å². The second-order valence-electron chi connectivity index (χ2n) is 2.80. The number of benzene rings is 1. The van der Waals surface area contributed by atoms with Crippen molar-refractivity contribution in [1.29, 1.82) is 0 Å². The highest BCUT2D eigenvalue weighted by Crippen LogP contribution is 2.26. The van der Waals surface area contributed by atoms with Crippen LogP contribution < -0.4 is 0 Å². The van der Waals surface area contributed by atoms with Crippen LogP contribution in [0.4, 0.5) is 8.78 Å². The molecule has 1 aromatic rings. The first-order valence-electron chi connectivity index (χ1n) is 4.22. The van der Waals surface area contributed by atoms with Gasteiger partial charge < -0.3 is 4.74 Å². The number of esters is 1. The van der Waals surface area contributed by atoms with Crippen molar-refractivity contribution in [3.8, 4) is 0 Å². The molecule has 0 bridgehead atoms. The lowest BCUT2D eigenvalue weighted by atomic mass is 10.2. The lowest BCUT2D eigenvalue weighted by Gasteiger charge is -2.04. The largest absolute Gasteiger partial charge is 0.468 e. The molecule has 3 nitrogen and oxygen atoms in total. The Labute approximate surface area is 94.8 Å². The molecule has 0 saturated carbocycles. The van der Waals surface area contributed by atoms with E-state index < -0.39 is 17.6 Å². The summed E-state index contributed by atoms with van der Waals surface area (Å²) in [4.78, 5) is 20.8. The number of ether oxygens (including phenoxy) is 1. The van der Waals surface area contributed by atoms with Crippen LogP contribution in [0.15, 0.2) is 17.0 Å². The zero-order chi connectivity index (χ0) is 12.1. The molecular formula is C10H8F2O3S. The van der Waals surface area contributed by atoms with Crippen molar-refractivity contribution in [2.75, 3.05) is 12.9 Å². The van der Waals surface area contributed by atoms with E-state index in [4.69, 9.17) is 0 Å². The molecule has 0 atom stereocenters. The van der Waals surface area contributed by atoms with Crippen molar-refractivity contribution in [2.24, 2.45) is 0 Å². The van der Waals surface area contributed by atoms with Gasteiger partial charge >= 0.3 is 5.97 Å². The molecule has 0 aliphatic rings. The lowest BCUT2D eigenvalue weighted by molar-refractivity contribution is -0.137. The predicted molar refractivity (Wildman–Crippen MR) is 54.5 cm³/mol. The Morgan fingerprint density at radius 3 is 2.44 bits per heavy atom. The summed E-state index contributed by atoms with van der Waals surface area (Å²) in [5, 5.41) is 0. The van der Waals surface area contributed by atoms with Gasteiger partial charge in [0.25, 0.3) is 0 Å². The van der Waals surface area contributed by atoms with Gasteiger partial charge in [-0.2, -0.15) is 0 Å². The highest BCUT2D eigenvalue weighted by atomic mass is 32.2. The van der Waals surface area contributed by atoms with Gasteiger partial charge in [-0.3, -0.25) is 9.59 Å². The molecule has 1 rings (SSSR count). The number of rotatable bonds is 4. The highest BCUT2D eigenvalue weighted by Gasteiger charge is 2.13. The van der Waals surface area contributed by atoms with E-state index in [1.165, 1.54) is 7.11 Å². The Balaban J connectivity index is 2.88. The molecule has 0 radical (unpaired) electrons. The maximum Gasteiger partial charge on any atom is 0.315 e. The first-order chi connectivity index (χ1) is 7.58. The molecule has 0 aliphatic carbocycles. The molecule has 86 valence electrons. The Morgan fingerprint density at radius 2 is 2.00 bits per heavy atom. The number of carbonyl (C=O) groups is 2. The Kier molecular flexibility index (Phi) is 4.42. The maximum atomic E-state index is 13.3. The molecule has 0 N–H and O–H groups in total. The van der Waals surface area contributed by atoms with Crippen LogP contribution in [0.3, 0.4) is 0 Å². The number of methoxy groups -OCH3 is 1. The van der Waals surface area contributed by atoms with E-state index >= 15 is 0 Å². The number of hydrogen-bond acceptors (Lipinski definition) is 4. The van der Waals surface area contributed by atoms with Crippen molar-refractivity contribution in [2.45, 2.75) is 4.90 Å². The van der Waals surface area contributed by atoms with Crippen molar-refractivity contribution in [1.82, 2.24) is 0 Å². The third-order valence-corrected chi connectivity index (χ3v) is 2.78. The van der Waals surface area contributed by atoms with E-state index in [1.54, 1.807) is 0 Å². The molecular weight excluding hydrogens is 238 g/mol. The molecule has 0 amide bonds. The summed E-state index contributed by atoms with van der Waals surface area (Å²) < 4.78 is 30.9. The van der Waals surface area contributed by atoms with Gasteiger partial charge in [0.2, 0.25) is 0 Å². The van der Waals surface area contributed by atoms with Crippen LogP contribution in [0, 0.1) is 11.6 Å². The molecule has 0 aliphatic heterocycles.